The van der Waals surface area contributed by atoms with Crippen molar-refractivity contribution in [3.8, 4) is 5.75 Å². The van der Waals surface area contributed by atoms with Crippen molar-refractivity contribution in [2.45, 2.75) is 39.3 Å². The molecular weight excluding hydrogens is 278 g/mol. The van der Waals surface area contributed by atoms with Crippen molar-refractivity contribution in [3.05, 3.63) is 28.3 Å². The summed E-state index contributed by atoms with van der Waals surface area (Å²) in [6, 6.07) is 4.14. The van der Waals surface area contributed by atoms with Crippen molar-refractivity contribution in [1.29, 1.82) is 0 Å². The first-order valence-corrected chi connectivity index (χ1v) is 7.25. The standard InChI is InChI=1S/C15H20ClNO3/c1-10(2)17(5-3-14(18)19)9-12-8-13(16)7-11-4-6-20-15(11)12/h7-8,10H,3-6,9H2,1-2H3,(H,18,19). The zero-order valence-electron chi connectivity index (χ0n) is 11.9. The molecule has 2 rings (SSSR count). The molecule has 0 aromatic heterocycles. The first-order chi connectivity index (χ1) is 9.47. The minimum Gasteiger partial charge on any atom is -0.493 e. The first kappa shape index (κ1) is 15.1. The fraction of sp³-hybridized carbons (Fsp3) is 0.533. The summed E-state index contributed by atoms with van der Waals surface area (Å²) in [4.78, 5) is 12.9. The van der Waals surface area contributed by atoms with Crippen molar-refractivity contribution in [2.75, 3.05) is 13.2 Å². The molecule has 0 spiro atoms. The van der Waals surface area contributed by atoms with Crippen LogP contribution in [0.25, 0.3) is 0 Å². The zero-order valence-corrected chi connectivity index (χ0v) is 12.6. The number of hydrogen-bond acceptors (Lipinski definition) is 3. The van der Waals surface area contributed by atoms with Crippen LogP contribution in [-0.2, 0) is 17.8 Å². The van der Waals surface area contributed by atoms with E-state index in [9.17, 15) is 4.79 Å². The molecule has 1 aromatic rings. The SMILES string of the molecule is CC(C)N(CCC(=O)O)Cc1cc(Cl)cc2c1OCC2. The second kappa shape index (κ2) is 6.46. The number of carboxylic acid groups (broad SMARTS) is 1. The van der Waals surface area contributed by atoms with E-state index in [0.29, 0.717) is 24.7 Å². The van der Waals surface area contributed by atoms with Crippen LogP contribution >= 0.6 is 11.6 Å². The summed E-state index contributed by atoms with van der Waals surface area (Å²) in [5.74, 6) is 0.151. The number of benzene rings is 1. The average Bonchev–Trinajstić information content (AvgIpc) is 2.81. The van der Waals surface area contributed by atoms with Crippen LogP contribution in [0, 0.1) is 0 Å². The average molecular weight is 298 g/mol. The van der Waals surface area contributed by atoms with Gasteiger partial charge in [0.1, 0.15) is 5.75 Å². The predicted octanol–water partition coefficient (Wildman–Crippen LogP) is 2.96. The molecule has 110 valence electrons. The van der Waals surface area contributed by atoms with E-state index in [1.165, 1.54) is 0 Å². The van der Waals surface area contributed by atoms with Gasteiger partial charge in [-0.3, -0.25) is 9.69 Å². The molecule has 0 bridgehead atoms. The number of hydrogen-bond donors (Lipinski definition) is 1. The summed E-state index contributed by atoms with van der Waals surface area (Å²) in [7, 11) is 0. The number of rotatable bonds is 6. The number of carbonyl (C=O) groups is 1. The lowest BCUT2D eigenvalue weighted by Gasteiger charge is -2.26. The van der Waals surface area contributed by atoms with Gasteiger partial charge in [0, 0.05) is 36.1 Å². The summed E-state index contributed by atoms with van der Waals surface area (Å²) < 4.78 is 5.69. The van der Waals surface area contributed by atoms with Gasteiger partial charge in [-0.05, 0) is 31.5 Å². The largest absolute Gasteiger partial charge is 0.493 e. The van der Waals surface area contributed by atoms with Gasteiger partial charge in [0.2, 0.25) is 0 Å². The van der Waals surface area contributed by atoms with Crippen molar-refractivity contribution >= 4 is 17.6 Å². The predicted molar refractivity (Wildman–Crippen MR) is 78.4 cm³/mol. The monoisotopic (exact) mass is 297 g/mol. The van der Waals surface area contributed by atoms with Crippen LogP contribution in [0.5, 0.6) is 5.75 Å². The number of ether oxygens (including phenoxy) is 1. The maximum absolute atomic E-state index is 10.7. The first-order valence-electron chi connectivity index (χ1n) is 6.87. The fourth-order valence-corrected chi connectivity index (χ4v) is 2.70. The van der Waals surface area contributed by atoms with Gasteiger partial charge in [-0.1, -0.05) is 11.6 Å². The maximum Gasteiger partial charge on any atom is 0.304 e. The minimum absolute atomic E-state index is 0.141. The molecule has 1 N–H and O–H groups in total. The lowest BCUT2D eigenvalue weighted by Crippen LogP contribution is -2.32. The quantitative estimate of drug-likeness (QED) is 0.877. The van der Waals surface area contributed by atoms with Gasteiger partial charge in [-0.15, -0.1) is 0 Å². The molecule has 1 heterocycles. The molecule has 0 saturated heterocycles. The van der Waals surface area contributed by atoms with Gasteiger partial charge in [0.15, 0.2) is 0 Å². The van der Waals surface area contributed by atoms with E-state index in [4.69, 9.17) is 21.4 Å². The third kappa shape index (κ3) is 3.64. The smallest absolute Gasteiger partial charge is 0.304 e. The Balaban J connectivity index is 2.16. The van der Waals surface area contributed by atoms with E-state index >= 15 is 0 Å². The van der Waals surface area contributed by atoms with Crippen LogP contribution < -0.4 is 4.74 Å². The highest BCUT2D eigenvalue weighted by Crippen LogP contribution is 2.33. The lowest BCUT2D eigenvalue weighted by atomic mass is 10.1. The van der Waals surface area contributed by atoms with Gasteiger partial charge < -0.3 is 9.84 Å². The molecule has 0 unspecified atom stereocenters. The van der Waals surface area contributed by atoms with Gasteiger partial charge in [0.05, 0.1) is 13.0 Å². The van der Waals surface area contributed by atoms with Gasteiger partial charge in [-0.2, -0.15) is 0 Å². The van der Waals surface area contributed by atoms with Crippen LogP contribution in [0.15, 0.2) is 12.1 Å². The molecule has 20 heavy (non-hydrogen) atoms. The molecule has 4 nitrogen and oxygen atoms in total. The van der Waals surface area contributed by atoms with E-state index in [1.54, 1.807) is 0 Å². The fourth-order valence-electron chi connectivity index (χ4n) is 2.44. The molecule has 0 fully saturated rings. The van der Waals surface area contributed by atoms with Crippen molar-refractivity contribution in [2.24, 2.45) is 0 Å². The summed E-state index contributed by atoms with van der Waals surface area (Å²) in [6.45, 7) is 6.00. The Morgan fingerprint density at radius 3 is 2.90 bits per heavy atom. The van der Waals surface area contributed by atoms with Gasteiger partial charge in [0.25, 0.3) is 0 Å². The minimum atomic E-state index is -0.775. The summed E-state index contributed by atoms with van der Waals surface area (Å²) in [6.07, 6.45) is 1.03. The topological polar surface area (TPSA) is 49.8 Å². The Labute approximate surface area is 124 Å². The number of carboxylic acids is 1. The molecule has 0 radical (unpaired) electrons. The van der Waals surface area contributed by atoms with Gasteiger partial charge in [-0.25, -0.2) is 0 Å². The van der Waals surface area contributed by atoms with Crippen molar-refractivity contribution < 1.29 is 14.6 Å². The molecule has 1 aliphatic rings. The molecule has 0 saturated carbocycles. The maximum atomic E-state index is 10.7. The van der Waals surface area contributed by atoms with E-state index < -0.39 is 5.97 Å². The second-order valence-corrected chi connectivity index (χ2v) is 5.80. The number of fused-ring (bicyclic) bond motifs is 1. The van der Waals surface area contributed by atoms with Crippen molar-refractivity contribution in [1.82, 2.24) is 4.90 Å². The number of aliphatic carboxylic acids is 1. The molecular formula is C15H20ClNO3. The van der Waals surface area contributed by atoms with Crippen LogP contribution in [0.1, 0.15) is 31.4 Å². The highest BCUT2D eigenvalue weighted by Gasteiger charge is 2.20. The molecule has 0 atom stereocenters. The Hall–Kier alpha value is -1.26. The molecule has 1 aromatic carbocycles. The van der Waals surface area contributed by atoms with Gasteiger partial charge >= 0.3 is 5.97 Å². The van der Waals surface area contributed by atoms with Crippen molar-refractivity contribution in [3.63, 3.8) is 0 Å². The van der Waals surface area contributed by atoms with E-state index in [1.807, 2.05) is 12.1 Å². The van der Waals surface area contributed by atoms with E-state index in [2.05, 4.69) is 18.7 Å². The number of halogens is 1. The summed E-state index contributed by atoms with van der Waals surface area (Å²) >= 11 is 6.15. The molecule has 0 amide bonds. The Kier molecular flexibility index (Phi) is 4.89. The molecule has 0 aliphatic carbocycles. The van der Waals surface area contributed by atoms with Crippen LogP contribution in [0.3, 0.4) is 0 Å². The van der Waals surface area contributed by atoms with E-state index in [0.717, 1.165) is 23.3 Å². The van der Waals surface area contributed by atoms with Crippen LogP contribution in [0.2, 0.25) is 5.02 Å². The van der Waals surface area contributed by atoms with Crippen LogP contribution in [-0.4, -0.2) is 35.2 Å². The van der Waals surface area contributed by atoms with E-state index in [-0.39, 0.29) is 12.5 Å². The Morgan fingerprint density at radius 1 is 1.50 bits per heavy atom. The third-order valence-electron chi connectivity index (χ3n) is 3.54. The van der Waals surface area contributed by atoms with Crippen LogP contribution in [0.4, 0.5) is 0 Å². The molecule has 5 heteroatoms. The zero-order chi connectivity index (χ0) is 14.7. The normalized spacial score (nSPS) is 13.7. The highest BCUT2D eigenvalue weighted by atomic mass is 35.5. The third-order valence-corrected chi connectivity index (χ3v) is 3.76. The lowest BCUT2D eigenvalue weighted by molar-refractivity contribution is -0.137. The summed E-state index contributed by atoms with van der Waals surface area (Å²) in [5.41, 5.74) is 2.19. The molecule has 1 aliphatic heterocycles. The Bertz CT molecular complexity index is 502. The number of nitrogens with zero attached hydrogens (tertiary/aromatic N) is 1. The highest BCUT2D eigenvalue weighted by molar-refractivity contribution is 6.30. The second-order valence-electron chi connectivity index (χ2n) is 5.36. The summed E-state index contributed by atoms with van der Waals surface area (Å²) in [5, 5.41) is 9.55. The Morgan fingerprint density at radius 2 is 2.25 bits per heavy atom.